The second-order valence-electron chi connectivity index (χ2n) is 4.88. The Morgan fingerprint density at radius 2 is 1.71 bits per heavy atom. The van der Waals surface area contributed by atoms with Crippen molar-refractivity contribution < 1.29 is 4.79 Å². The molecule has 0 aliphatic rings. The van der Waals surface area contributed by atoms with Crippen molar-refractivity contribution in [1.82, 2.24) is 15.5 Å². The third-order valence-electron chi connectivity index (χ3n) is 2.95. The Kier molecular flexibility index (Phi) is 10.2. The number of unbranched alkanes of at least 4 members (excludes halogenated alkanes) is 3. The first-order chi connectivity index (χ1) is 8.07. The summed E-state index contributed by atoms with van der Waals surface area (Å²) in [5, 5.41) is 6.10. The maximum absolute atomic E-state index is 11.5. The lowest BCUT2D eigenvalue weighted by Gasteiger charge is -2.20. The highest BCUT2D eigenvalue weighted by atomic mass is 16.2. The minimum atomic E-state index is 0.136. The van der Waals surface area contributed by atoms with Crippen molar-refractivity contribution in [2.45, 2.75) is 45.6 Å². The summed E-state index contributed by atoms with van der Waals surface area (Å²) >= 11 is 0. The molecule has 4 heteroatoms. The van der Waals surface area contributed by atoms with Crippen LogP contribution in [0.25, 0.3) is 0 Å². The first kappa shape index (κ1) is 16.4. The SMILES string of the molecule is CNCCCCCCNC(=O)CN(C)C(C)C. The molecule has 0 spiro atoms. The average Bonchev–Trinajstić information content (AvgIpc) is 2.27. The predicted molar refractivity (Wildman–Crippen MR) is 73.2 cm³/mol. The molecule has 0 aliphatic heterocycles. The summed E-state index contributed by atoms with van der Waals surface area (Å²) in [6, 6.07) is 0.419. The molecule has 0 saturated carbocycles. The molecule has 0 aromatic carbocycles. The van der Waals surface area contributed by atoms with E-state index < -0.39 is 0 Å². The van der Waals surface area contributed by atoms with Crippen LogP contribution < -0.4 is 10.6 Å². The zero-order valence-corrected chi connectivity index (χ0v) is 11.9. The lowest BCUT2D eigenvalue weighted by atomic mass is 10.2. The maximum Gasteiger partial charge on any atom is 0.234 e. The molecule has 0 saturated heterocycles. The van der Waals surface area contributed by atoms with Crippen LogP contribution in [0.15, 0.2) is 0 Å². The van der Waals surface area contributed by atoms with Crippen molar-refractivity contribution in [2.75, 3.05) is 33.7 Å². The minimum absolute atomic E-state index is 0.136. The molecular weight excluding hydrogens is 214 g/mol. The van der Waals surface area contributed by atoms with E-state index in [9.17, 15) is 4.79 Å². The molecule has 0 aliphatic carbocycles. The van der Waals surface area contributed by atoms with Gasteiger partial charge in [-0.1, -0.05) is 12.8 Å². The van der Waals surface area contributed by atoms with Gasteiger partial charge in [0.2, 0.25) is 5.91 Å². The van der Waals surface area contributed by atoms with Gasteiger partial charge in [0, 0.05) is 12.6 Å². The van der Waals surface area contributed by atoms with Crippen molar-refractivity contribution in [3.63, 3.8) is 0 Å². The fourth-order valence-corrected chi connectivity index (χ4v) is 1.47. The highest BCUT2D eigenvalue weighted by molar-refractivity contribution is 5.77. The Balaban J connectivity index is 3.33. The van der Waals surface area contributed by atoms with E-state index in [1.165, 1.54) is 19.3 Å². The third kappa shape index (κ3) is 10.3. The topological polar surface area (TPSA) is 44.4 Å². The molecule has 0 heterocycles. The Hall–Kier alpha value is -0.610. The predicted octanol–water partition coefficient (Wildman–Crippen LogP) is 1.22. The van der Waals surface area contributed by atoms with E-state index in [2.05, 4.69) is 24.5 Å². The van der Waals surface area contributed by atoms with Gasteiger partial charge in [0.15, 0.2) is 0 Å². The van der Waals surface area contributed by atoms with Crippen LogP contribution >= 0.6 is 0 Å². The van der Waals surface area contributed by atoms with Gasteiger partial charge in [0.25, 0.3) is 0 Å². The fraction of sp³-hybridized carbons (Fsp3) is 0.923. The van der Waals surface area contributed by atoms with Gasteiger partial charge < -0.3 is 10.6 Å². The van der Waals surface area contributed by atoms with E-state index in [0.717, 1.165) is 19.5 Å². The number of nitrogens with one attached hydrogen (secondary N) is 2. The first-order valence-corrected chi connectivity index (χ1v) is 6.69. The number of nitrogens with zero attached hydrogens (tertiary/aromatic N) is 1. The molecule has 2 N–H and O–H groups in total. The summed E-state index contributed by atoms with van der Waals surface area (Å²) in [6.07, 6.45) is 4.74. The quantitative estimate of drug-likeness (QED) is 0.567. The number of rotatable bonds is 10. The minimum Gasteiger partial charge on any atom is -0.355 e. The number of hydrogen-bond acceptors (Lipinski definition) is 3. The third-order valence-corrected chi connectivity index (χ3v) is 2.95. The maximum atomic E-state index is 11.5. The summed E-state index contributed by atoms with van der Waals surface area (Å²) in [7, 11) is 3.95. The van der Waals surface area contributed by atoms with E-state index in [0.29, 0.717) is 12.6 Å². The highest BCUT2D eigenvalue weighted by Gasteiger charge is 2.08. The smallest absolute Gasteiger partial charge is 0.234 e. The van der Waals surface area contributed by atoms with Gasteiger partial charge in [-0.05, 0) is 47.3 Å². The first-order valence-electron chi connectivity index (χ1n) is 6.69. The van der Waals surface area contributed by atoms with Gasteiger partial charge in [-0.3, -0.25) is 9.69 Å². The van der Waals surface area contributed by atoms with E-state index in [1.807, 2.05) is 19.0 Å². The van der Waals surface area contributed by atoms with Crippen LogP contribution in [0.4, 0.5) is 0 Å². The standard InChI is InChI=1S/C13H29N3O/c1-12(2)16(4)11-13(17)15-10-8-6-5-7-9-14-3/h12,14H,5-11H2,1-4H3,(H,15,17). The monoisotopic (exact) mass is 243 g/mol. The molecule has 0 rings (SSSR count). The largest absolute Gasteiger partial charge is 0.355 e. The number of amides is 1. The van der Waals surface area contributed by atoms with Gasteiger partial charge >= 0.3 is 0 Å². The lowest BCUT2D eigenvalue weighted by Crippen LogP contribution is -2.38. The summed E-state index contributed by atoms with van der Waals surface area (Å²) in [5.74, 6) is 0.136. The van der Waals surface area contributed by atoms with Crippen molar-refractivity contribution >= 4 is 5.91 Å². The zero-order chi connectivity index (χ0) is 13.1. The molecular formula is C13H29N3O. The van der Waals surface area contributed by atoms with Crippen molar-refractivity contribution in [1.29, 1.82) is 0 Å². The molecule has 0 bridgehead atoms. The van der Waals surface area contributed by atoms with Crippen LogP contribution in [0.1, 0.15) is 39.5 Å². The van der Waals surface area contributed by atoms with Crippen LogP contribution in [0.5, 0.6) is 0 Å². The normalized spacial score (nSPS) is 11.2. The molecule has 102 valence electrons. The van der Waals surface area contributed by atoms with E-state index in [-0.39, 0.29) is 5.91 Å². The molecule has 0 radical (unpaired) electrons. The van der Waals surface area contributed by atoms with Gasteiger partial charge in [0.05, 0.1) is 6.54 Å². The second kappa shape index (κ2) is 10.5. The lowest BCUT2D eigenvalue weighted by molar-refractivity contribution is -0.122. The molecule has 0 aromatic heterocycles. The summed E-state index contributed by atoms with van der Waals surface area (Å²) in [5.41, 5.74) is 0. The van der Waals surface area contributed by atoms with Gasteiger partial charge in [-0.25, -0.2) is 0 Å². The van der Waals surface area contributed by atoms with Crippen LogP contribution in [0.2, 0.25) is 0 Å². The number of carbonyl (C=O) groups excluding carboxylic acids is 1. The van der Waals surface area contributed by atoms with Gasteiger partial charge in [-0.15, -0.1) is 0 Å². The molecule has 0 aromatic rings. The Morgan fingerprint density at radius 1 is 1.12 bits per heavy atom. The van der Waals surface area contributed by atoms with Crippen LogP contribution in [0, 0.1) is 0 Å². The molecule has 0 unspecified atom stereocenters. The fourth-order valence-electron chi connectivity index (χ4n) is 1.47. The van der Waals surface area contributed by atoms with Gasteiger partial charge in [0.1, 0.15) is 0 Å². The average molecular weight is 243 g/mol. The molecule has 1 amide bonds. The summed E-state index contributed by atoms with van der Waals surface area (Å²) < 4.78 is 0. The van der Waals surface area contributed by atoms with E-state index >= 15 is 0 Å². The molecule has 0 atom stereocenters. The van der Waals surface area contributed by atoms with Crippen LogP contribution in [-0.2, 0) is 4.79 Å². The van der Waals surface area contributed by atoms with Crippen LogP contribution in [-0.4, -0.2) is 50.6 Å². The van der Waals surface area contributed by atoms with Crippen molar-refractivity contribution in [3.05, 3.63) is 0 Å². The van der Waals surface area contributed by atoms with Crippen molar-refractivity contribution in [2.24, 2.45) is 0 Å². The molecule has 4 nitrogen and oxygen atoms in total. The second-order valence-corrected chi connectivity index (χ2v) is 4.88. The summed E-state index contributed by atoms with van der Waals surface area (Å²) in [6.45, 7) is 6.58. The highest BCUT2D eigenvalue weighted by Crippen LogP contribution is 1.97. The Bertz CT molecular complexity index is 195. The van der Waals surface area contributed by atoms with E-state index in [4.69, 9.17) is 0 Å². The molecule has 17 heavy (non-hydrogen) atoms. The summed E-state index contributed by atoms with van der Waals surface area (Å²) in [4.78, 5) is 13.6. The zero-order valence-electron chi connectivity index (χ0n) is 11.9. The number of likely N-dealkylation sites (N-methyl/N-ethyl adjacent to an activating group) is 1. The molecule has 0 fully saturated rings. The van der Waals surface area contributed by atoms with Crippen molar-refractivity contribution in [3.8, 4) is 0 Å². The number of carbonyl (C=O) groups is 1. The number of hydrogen-bond donors (Lipinski definition) is 2. The van der Waals surface area contributed by atoms with E-state index in [1.54, 1.807) is 0 Å². The van der Waals surface area contributed by atoms with Gasteiger partial charge in [-0.2, -0.15) is 0 Å². The Morgan fingerprint density at radius 3 is 2.24 bits per heavy atom. The van der Waals surface area contributed by atoms with Crippen LogP contribution in [0.3, 0.4) is 0 Å². The Labute approximate surface area is 106 Å².